The third kappa shape index (κ3) is 8.57. The van der Waals surface area contributed by atoms with Crippen LogP contribution in [0.1, 0.15) is 23.6 Å². The zero-order valence-electron chi connectivity index (χ0n) is 25.2. The molecule has 0 aliphatic carbocycles. The number of likely N-dealkylation sites (N-methyl/N-ethyl adjacent to an activating group) is 1. The van der Waals surface area contributed by atoms with E-state index in [1.165, 1.54) is 42.3 Å². The quantitative estimate of drug-likeness (QED) is 0.181. The maximum absolute atomic E-state index is 14.5. The summed E-state index contributed by atoms with van der Waals surface area (Å²) in [5.41, 5.74) is 2.43. The maximum Gasteiger partial charge on any atom is 0.264 e. The second-order valence-corrected chi connectivity index (χ2v) is 13.1. The van der Waals surface area contributed by atoms with E-state index >= 15 is 0 Å². The lowest BCUT2D eigenvalue weighted by molar-refractivity contribution is -0.140. The number of halogens is 2. The second-order valence-electron chi connectivity index (χ2n) is 10.4. The number of rotatable bonds is 13. The van der Waals surface area contributed by atoms with Crippen molar-refractivity contribution in [2.75, 3.05) is 24.5 Å². The lowest BCUT2D eigenvalue weighted by Crippen LogP contribution is -2.53. The van der Waals surface area contributed by atoms with E-state index in [9.17, 15) is 18.0 Å². The summed E-state index contributed by atoms with van der Waals surface area (Å²) in [6, 6.07) is 26.2. The summed E-state index contributed by atoms with van der Waals surface area (Å²) in [6.45, 7) is 3.34. The van der Waals surface area contributed by atoms with Crippen molar-refractivity contribution in [3.8, 4) is 5.75 Å². The van der Waals surface area contributed by atoms with Gasteiger partial charge in [-0.3, -0.25) is 13.9 Å². The number of carbonyl (C=O) groups excluding carboxylic acids is 2. The van der Waals surface area contributed by atoms with Crippen LogP contribution in [0.5, 0.6) is 5.75 Å². The Kier molecular flexibility index (Phi) is 11.5. The van der Waals surface area contributed by atoms with Crippen LogP contribution in [0.25, 0.3) is 0 Å². The monoisotopic (exact) mass is 667 g/mol. The van der Waals surface area contributed by atoms with E-state index in [2.05, 4.69) is 5.32 Å². The Morgan fingerprint density at radius 2 is 1.58 bits per heavy atom. The molecule has 0 aromatic heterocycles. The number of aryl methyl sites for hydroxylation is 1. The highest BCUT2D eigenvalue weighted by Crippen LogP contribution is 2.33. The standard InChI is InChI=1S/C34H35Cl2N3O5S/c1-4-37-34(41)32(20-25-9-6-5-7-10-25)38(22-26-11-8-12-28(19-26)44-3)33(40)23-39(31-21-27(35)15-18-30(31)36)45(42,43)29-16-13-24(2)14-17-29/h5-19,21,32H,4,20,22-23H2,1-3H3,(H,37,41)/t32-/m0/s1. The van der Waals surface area contributed by atoms with Gasteiger partial charge in [0.05, 0.1) is 22.7 Å². The molecule has 0 radical (unpaired) electrons. The van der Waals surface area contributed by atoms with Gasteiger partial charge in [-0.15, -0.1) is 0 Å². The molecule has 2 amide bonds. The van der Waals surface area contributed by atoms with Crippen molar-refractivity contribution in [3.63, 3.8) is 0 Å². The summed E-state index contributed by atoms with van der Waals surface area (Å²) in [6.07, 6.45) is 0.199. The van der Waals surface area contributed by atoms with Gasteiger partial charge >= 0.3 is 0 Å². The number of hydrogen-bond acceptors (Lipinski definition) is 5. The maximum atomic E-state index is 14.5. The predicted molar refractivity (Wildman–Crippen MR) is 178 cm³/mol. The Morgan fingerprint density at radius 1 is 0.889 bits per heavy atom. The first-order valence-electron chi connectivity index (χ1n) is 14.3. The van der Waals surface area contributed by atoms with E-state index in [1.807, 2.05) is 43.3 Å². The molecule has 8 nitrogen and oxygen atoms in total. The van der Waals surface area contributed by atoms with Crippen LogP contribution in [0.4, 0.5) is 5.69 Å². The highest BCUT2D eigenvalue weighted by atomic mass is 35.5. The lowest BCUT2D eigenvalue weighted by Gasteiger charge is -2.34. The molecule has 0 bridgehead atoms. The summed E-state index contributed by atoms with van der Waals surface area (Å²) in [5, 5.41) is 3.17. The highest BCUT2D eigenvalue weighted by molar-refractivity contribution is 7.92. The van der Waals surface area contributed by atoms with Crippen molar-refractivity contribution in [2.45, 2.75) is 37.8 Å². The molecule has 0 aliphatic heterocycles. The molecule has 4 aromatic rings. The fraction of sp³-hybridized carbons (Fsp3) is 0.235. The van der Waals surface area contributed by atoms with Crippen molar-refractivity contribution in [1.82, 2.24) is 10.2 Å². The zero-order chi connectivity index (χ0) is 32.6. The van der Waals surface area contributed by atoms with Crippen LogP contribution in [0.3, 0.4) is 0 Å². The topological polar surface area (TPSA) is 96.0 Å². The highest BCUT2D eigenvalue weighted by Gasteiger charge is 2.35. The van der Waals surface area contributed by atoms with Crippen molar-refractivity contribution < 1.29 is 22.7 Å². The van der Waals surface area contributed by atoms with Gasteiger partial charge in [-0.25, -0.2) is 8.42 Å². The molecule has 1 N–H and O–H groups in total. The lowest BCUT2D eigenvalue weighted by atomic mass is 10.0. The third-order valence-corrected chi connectivity index (χ3v) is 9.50. The smallest absolute Gasteiger partial charge is 0.264 e. The average Bonchev–Trinajstić information content (AvgIpc) is 3.03. The van der Waals surface area contributed by atoms with Gasteiger partial charge in [-0.2, -0.15) is 0 Å². The number of benzene rings is 4. The normalized spacial score (nSPS) is 11.8. The molecule has 45 heavy (non-hydrogen) atoms. The average molecular weight is 669 g/mol. The molecule has 236 valence electrons. The van der Waals surface area contributed by atoms with Crippen LogP contribution in [0.15, 0.2) is 102 Å². The molecule has 0 saturated heterocycles. The van der Waals surface area contributed by atoms with Gasteiger partial charge in [0.2, 0.25) is 11.8 Å². The fourth-order valence-corrected chi connectivity index (χ4v) is 6.70. The molecule has 4 aromatic carbocycles. The Labute approximate surface area is 274 Å². The summed E-state index contributed by atoms with van der Waals surface area (Å²) >= 11 is 12.8. The van der Waals surface area contributed by atoms with Gasteiger partial charge in [0.15, 0.2) is 0 Å². The number of methoxy groups -OCH3 is 1. The first-order chi connectivity index (χ1) is 21.5. The molecule has 0 heterocycles. The summed E-state index contributed by atoms with van der Waals surface area (Å²) in [4.78, 5) is 29.5. The van der Waals surface area contributed by atoms with Crippen LogP contribution < -0.4 is 14.4 Å². The first kappa shape index (κ1) is 33.8. The molecule has 11 heteroatoms. The molecule has 1 atom stereocenters. The summed E-state index contributed by atoms with van der Waals surface area (Å²) in [5.74, 6) is -0.408. The zero-order valence-corrected chi connectivity index (χ0v) is 27.6. The van der Waals surface area contributed by atoms with E-state index in [0.717, 1.165) is 15.4 Å². The fourth-order valence-electron chi connectivity index (χ4n) is 4.84. The van der Waals surface area contributed by atoms with E-state index in [4.69, 9.17) is 27.9 Å². The SMILES string of the molecule is CCNC(=O)[C@H](Cc1ccccc1)N(Cc1cccc(OC)c1)C(=O)CN(c1cc(Cl)ccc1Cl)S(=O)(=O)c1ccc(C)cc1. The van der Waals surface area contributed by atoms with Gasteiger partial charge < -0.3 is 15.0 Å². The van der Waals surface area contributed by atoms with E-state index < -0.39 is 28.5 Å². The van der Waals surface area contributed by atoms with Crippen LogP contribution in [-0.4, -0.2) is 51.4 Å². The molecule has 0 unspecified atom stereocenters. The molecule has 4 rings (SSSR count). The number of nitrogens with zero attached hydrogens (tertiary/aromatic N) is 2. The number of amides is 2. The number of hydrogen-bond donors (Lipinski definition) is 1. The van der Waals surface area contributed by atoms with Crippen LogP contribution >= 0.6 is 23.2 Å². The number of ether oxygens (including phenoxy) is 1. The summed E-state index contributed by atoms with van der Waals surface area (Å²) < 4.78 is 34.7. The predicted octanol–water partition coefficient (Wildman–Crippen LogP) is 6.28. The van der Waals surface area contributed by atoms with E-state index in [-0.39, 0.29) is 39.5 Å². The number of anilines is 1. The largest absolute Gasteiger partial charge is 0.497 e. The van der Waals surface area contributed by atoms with Gasteiger partial charge in [-0.1, -0.05) is 83.4 Å². The molecule has 0 fully saturated rings. The Bertz CT molecular complexity index is 1730. The van der Waals surface area contributed by atoms with Crippen molar-refractivity contribution in [1.29, 1.82) is 0 Å². The molecule has 0 saturated carbocycles. The van der Waals surface area contributed by atoms with Gasteiger partial charge in [-0.05, 0) is 67.4 Å². The van der Waals surface area contributed by atoms with Crippen molar-refractivity contribution in [3.05, 3.63) is 124 Å². The van der Waals surface area contributed by atoms with Crippen molar-refractivity contribution in [2.24, 2.45) is 0 Å². The minimum atomic E-state index is -4.32. The Hall–Kier alpha value is -4.05. The van der Waals surface area contributed by atoms with Gasteiger partial charge in [0, 0.05) is 24.5 Å². The molecule has 0 spiro atoms. The number of sulfonamides is 1. The molecular formula is C34H35Cl2N3O5S. The summed E-state index contributed by atoms with van der Waals surface area (Å²) in [7, 11) is -2.78. The van der Waals surface area contributed by atoms with E-state index in [0.29, 0.717) is 17.9 Å². The Morgan fingerprint density at radius 3 is 2.24 bits per heavy atom. The number of carbonyl (C=O) groups is 2. The minimum Gasteiger partial charge on any atom is -0.497 e. The van der Waals surface area contributed by atoms with Crippen LogP contribution in [-0.2, 0) is 32.6 Å². The first-order valence-corrected chi connectivity index (χ1v) is 16.5. The third-order valence-electron chi connectivity index (χ3n) is 7.17. The van der Waals surface area contributed by atoms with Crippen LogP contribution in [0.2, 0.25) is 10.0 Å². The van der Waals surface area contributed by atoms with Gasteiger partial charge in [0.1, 0.15) is 18.3 Å². The van der Waals surface area contributed by atoms with Crippen molar-refractivity contribution >= 4 is 50.7 Å². The minimum absolute atomic E-state index is 0.00631. The van der Waals surface area contributed by atoms with E-state index in [1.54, 1.807) is 37.3 Å². The molecule has 0 aliphatic rings. The number of nitrogens with one attached hydrogen (secondary N) is 1. The molecular weight excluding hydrogens is 633 g/mol. The van der Waals surface area contributed by atoms with Crippen LogP contribution in [0, 0.1) is 6.92 Å². The second kappa shape index (κ2) is 15.3. The Balaban J connectivity index is 1.83. The van der Waals surface area contributed by atoms with Gasteiger partial charge in [0.25, 0.3) is 10.0 Å².